The van der Waals surface area contributed by atoms with Crippen LogP contribution in [0.4, 0.5) is 0 Å². The Morgan fingerprint density at radius 3 is 2.22 bits per heavy atom. The lowest BCUT2D eigenvalue weighted by Gasteiger charge is -2.36. The molecule has 0 aliphatic heterocycles. The first-order valence-corrected chi connectivity index (χ1v) is 5.88. The maximum absolute atomic E-state index is 11.7. The van der Waals surface area contributed by atoms with Crippen LogP contribution in [-0.2, 0) is 14.3 Å². The van der Waals surface area contributed by atoms with Crippen LogP contribution in [0.15, 0.2) is 0 Å². The van der Waals surface area contributed by atoms with Gasteiger partial charge in [-0.05, 0) is 12.8 Å². The molecule has 2 amide bonds. The second-order valence-corrected chi connectivity index (χ2v) is 4.31. The van der Waals surface area contributed by atoms with Crippen LogP contribution in [0.25, 0.3) is 0 Å². The number of amides is 2. The normalized spacial score (nSPS) is 31.8. The number of hydrogen-bond acceptors (Lipinski definition) is 5. The summed E-state index contributed by atoms with van der Waals surface area (Å²) in [4.78, 5) is 23.2. The van der Waals surface area contributed by atoms with Crippen molar-refractivity contribution in [1.29, 1.82) is 0 Å². The van der Waals surface area contributed by atoms with Crippen molar-refractivity contribution in [2.45, 2.75) is 25.0 Å². The fourth-order valence-corrected chi connectivity index (χ4v) is 2.36. The first kappa shape index (κ1) is 14.9. The van der Waals surface area contributed by atoms with Crippen LogP contribution in [0.2, 0.25) is 0 Å². The zero-order valence-electron chi connectivity index (χ0n) is 10.5. The van der Waals surface area contributed by atoms with Crippen molar-refractivity contribution in [2.24, 2.45) is 11.8 Å². The second-order valence-electron chi connectivity index (χ2n) is 4.31. The van der Waals surface area contributed by atoms with E-state index in [-0.39, 0.29) is 24.7 Å². The van der Waals surface area contributed by atoms with Gasteiger partial charge in [-0.15, -0.1) is 0 Å². The highest BCUT2D eigenvalue weighted by Crippen LogP contribution is 2.32. The topological polar surface area (TPSA) is 108 Å². The molecule has 1 saturated carbocycles. The Hall–Kier alpha value is -1.18. The summed E-state index contributed by atoms with van der Waals surface area (Å²) in [5.74, 6) is -1.72. The minimum absolute atomic E-state index is 0.141. The summed E-state index contributed by atoms with van der Waals surface area (Å²) in [6.07, 6.45) is -1.10. The molecule has 4 N–H and O–H groups in total. The molecule has 0 bridgehead atoms. The summed E-state index contributed by atoms with van der Waals surface area (Å²) in [6.45, 7) is -0.519. The number of aliphatic hydroxyl groups is 2. The van der Waals surface area contributed by atoms with E-state index in [0.717, 1.165) is 0 Å². The predicted molar refractivity (Wildman–Crippen MR) is 62.3 cm³/mol. The van der Waals surface area contributed by atoms with E-state index in [1.807, 2.05) is 0 Å². The molecule has 0 radical (unpaired) electrons. The van der Waals surface area contributed by atoms with Crippen molar-refractivity contribution in [1.82, 2.24) is 10.6 Å². The fourth-order valence-electron chi connectivity index (χ4n) is 2.36. The standard InChI is InChI=1S/C11H20N2O5/c1-12-10(16)6-4-9(18-5-14)7(3-8(6)15)11(17)13-2/h6-9,14-15H,3-5H2,1-2H3,(H,12,16)(H,13,17). The van der Waals surface area contributed by atoms with Crippen molar-refractivity contribution in [3.05, 3.63) is 0 Å². The van der Waals surface area contributed by atoms with Gasteiger partial charge in [-0.2, -0.15) is 0 Å². The highest BCUT2D eigenvalue weighted by molar-refractivity contribution is 5.82. The van der Waals surface area contributed by atoms with E-state index in [9.17, 15) is 14.7 Å². The molecule has 0 spiro atoms. The lowest BCUT2D eigenvalue weighted by Crippen LogP contribution is -2.50. The Morgan fingerprint density at radius 1 is 1.17 bits per heavy atom. The van der Waals surface area contributed by atoms with Crippen LogP contribution in [0.5, 0.6) is 0 Å². The van der Waals surface area contributed by atoms with Gasteiger partial charge >= 0.3 is 0 Å². The molecule has 0 aromatic heterocycles. The van der Waals surface area contributed by atoms with Gasteiger partial charge in [0.05, 0.1) is 24.0 Å². The number of carbonyl (C=O) groups excluding carboxylic acids is 2. The lowest BCUT2D eigenvalue weighted by molar-refractivity contribution is -0.154. The van der Waals surface area contributed by atoms with E-state index in [2.05, 4.69) is 10.6 Å². The number of carbonyl (C=O) groups is 2. The summed E-state index contributed by atoms with van der Waals surface area (Å²) >= 11 is 0. The van der Waals surface area contributed by atoms with E-state index >= 15 is 0 Å². The number of nitrogens with one attached hydrogen (secondary N) is 2. The minimum Gasteiger partial charge on any atom is -0.392 e. The van der Waals surface area contributed by atoms with Gasteiger partial charge in [0.15, 0.2) is 0 Å². The summed E-state index contributed by atoms with van der Waals surface area (Å²) in [6, 6.07) is 0. The molecular formula is C11H20N2O5. The van der Waals surface area contributed by atoms with Crippen LogP contribution in [0.3, 0.4) is 0 Å². The van der Waals surface area contributed by atoms with Crippen molar-refractivity contribution < 1.29 is 24.5 Å². The molecule has 0 aromatic rings. The molecule has 7 heteroatoms. The Morgan fingerprint density at radius 2 is 1.72 bits per heavy atom. The van der Waals surface area contributed by atoms with Crippen LogP contribution in [-0.4, -0.2) is 55.1 Å². The quantitative estimate of drug-likeness (QED) is 0.446. The number of aliphatic hydroxyl groups excluding tert-OH is 2. The third kappa shape index (κ3) is 3.18. The number of rotatable bonds is 4. The Balaban J connectivity index is 2.80. The zero-order chi connectivity index (χ0) is 13.7. The van der Waals surface area contributed by atoms with E-state index in [1.165, 1.54) is 14.1 Å². The van der Waals surface area contributed by atoms with Crippen LogP contribution in [0.1, 0.15) is 12.8 Å². The molecule has 0 heterocycles. The van der Waals surface area contributed by atoms with Crippen molar-refractivity contribution >= 4 is 11.8 Å². The molecule has 0 aromatic carbocycles. The molecule has 7 nitrogen and oxygen atoms in total. The lowest BCUT2D eigenvalue weighted by atomic mass is 9.77. The molecule has 1 rings (SSSR count). The van der Waals surface area contributed by atoms with E-state index in [1.54, 1.807) is 0 Å². The van der Waals surface area contributed by atoms with E-state index in [0.29, 0.717) is 0 Å². The second kappa shape index (κ2) is 6.67. The fraction of sp³-hybridized carbons (Fsp3) is 0.818. The summed E-state index contributed by atoms with van der Waals surface area (Å²) in [5.41, 5.74) is 0. The summed E-state index contributed by atoms with van der Waals surface area (Å²) in [5, 5.41) is 23.7. The smallest absolute Gasteiger partial charge is 0.225 e. The number of ether oxygens (including phenoxy) is 1. The summed E-state index contributed by atoms with van der Waals surface area (Å²) < 4.78 is 5.10. The van der Waals surface area contributed by atoms with Gasteiger partial charge in [0, 0.05) is 14.1 Å². The molecule has 1 fully saturated rings. The molecule has 1 aliphatic rings. The maximum Gasteiger partial charge on any atom is 0.225 e. The SMILES string of the molecule is CNC(=O)C1CC(OCO)C(C(=O)NC)CC1O. The van der Waals surface area contributed by atoms with E-state index in [4.69, 9.17) is 9.84 Å². The molecule has 4 unspecified atom stereocenters. The van der Waals surface area contributed by atoms with Crippen molar-refractivity contribution in [3.63, 3.8) is 0 Å². The van der Waals surface area contributed by atoms with Gasteiger partial charge in [-0.25, -0.2) is 0 Å². The summed E-state index contributed by atoms with van der Waals surface area (Å²) in [7, 11) is 2.98. The predicted octanol–water partition coefficient (Wildman–Crippen LogP) is -1.80. The molecule has 1 aliphatic carbocycles. The largest absolute Gasteiger partial charge is 0.392 e. The first-order chi connectivity index (χ1) is 8.54. The third-order valence-electron chi connectivity index (χ3n) is 3.35. The Kier molecular flexibility index (Phi) is 5.52. The Bertz CT molecular complexity index is 310. The first-order valence-electron chi connectivity index (χ1n) is 5.88. The average molecular weight is 260 g/mol. The number of hydrogen-bond donors (Lipinski definition) is 4. The molecule has 0 saturated heterocycles. The van der Waals surface area contributed by atoms with Crippen LogP contribution in [0, 0.1) is 11.8 Å². The highest BCUT2D eigenvalue weighted by Gasteiger charge is 2.42. The zero-order valence-corrected chi connectivity index (χ0v) is 10.5. The van der Waals surface area contributed by atoms with Crippen LogP contribution >= 0.6 is 0 Å². The van der Waals surface area contributed by atoms with Crippen LogP contribution < -0.4 is 10.6 Å². The maximum atomic E-state index is 11.7. The van der Waals surface area contributed by atoms with Gasteiger partial charge in [0.25, 0.3) is 0 Å². The molecule has 4 atom stereocenters. The highest BCUT2D eigenvalue weighted by atomic mass is 16.6. The van der Waals surface area contributed by atoms with Crippen molar-refractivity contribution in [3.8, 4) is 0 Å². The van der Waals surface area contributed by atoms with Crippen molar-refractivity contribution in [2.75, 3.05) is 20.9 Å². The Labute approximate surface area is 106 Å². The van der Waals surface area contributed by atoms with Gasteiger partial charge in [0.2, 0.25) is 11.8 Å². The molecule has 104 valence electrons. The molecule has 18 heavy (non-hydrogen) atoms. The monoisotopic (exact) mass is 260 g/mol. The van der Waals surface area contributed by atoms with Gasteiger partial charge in [0.1, 0.15) is 6.79 Å². The van der Waals surface area contributed by atoms with Gasteiger partial charge in [-0.3, -0.25) is 9.59 Å². The molecular weight excluding hydrogens is 240 g/mol. The van der Waals surface area contributed by atoms with Gasteiger partial charge in [-0.1, -0.05) is 0 Å². The van der Waals surface area contributed by atoms with Gasteiger partial charge < -0.3 is 25.6 Å². The minimum atomic E-state index is -0.884. The third-order valence-corrected chi connectivity index (χ3v) is 3.35. The average Bonchev–Trinajstić information content (AvgIpc) is 2.38. The van der Waals surface area contributed by atoms with E-state index < -0.39 is 30.8 Å².